The standard InChI is InChI=1S/C8H12ClN/c1-2-7(6-9)8-4-3-5-10-8/h3-5,7,10H,2,6H2,1H3. The molecule has 1 aromatic heterocycles. The van der Waals surface area contributed by atoms with Crippen LogP contribution in [0.1, 0.15) is 25.0 Å². The monoisotopic (exact) mass is 157 g/mol. The second kappa shape index (κ2) is 3.67. The molecule has 0 radical (unpaired) electrons. The van der Waals surface area contributed by atoms with Gasteiger partial charge in [-0.25, -0.2) is 0 Å². The van der Waals surface area contributed by atoms with Gasteiger partial charge in [-0.15, -0.1) is 11.6 Å². The molecule has 0 aliphatic heterocycles. The summed E-state index contributed by atoms with van der Waals surface area (Å²) in [6.45, 7) is 2.15. The molecule has 0 aliphatic carbocycles. The van der Waals surface area contributed by atoms with Crippen molar-refractivity contribution >= 4 is 11.6 Å². The molecular weight excluding hydrogens is 146 g/mol. The number of nitrogens with one attached hydrogen (secondary N) is 1. The van der Waals surface area contributed by atoms with E-state index in [9.17, 15) is 0 Å². The quantitative estimate of drug-likeness (QED) is 0.650. The van der Waals surface area contributed by atoms with Gasteiger partial charge >= 0.3 is 0 Å². The maximum Gasteiger partial charge on any atom is 0.0306 e. The Morgan fingerprint density at radius 2 is 2.50 bits per heavy atom. The summed E-state index contributed by atoms with van der Waals surface area (Å²) < 4.78 is 0. The minimum absolute atomic E-state index is 0.497. The molecule has 0 bridgehead atoms. The van der Waals surface area contributed by atoms with Crippen LogP contribution in [0.3, 0.4) is 0 Å². The highest BCUT2D eigenvalue weighted by molar-refractivity contribution is 6.18. The van der Waals surface area contributed by atoms with E-state index in [0.717, 1.165) is 6.42 Å². The lowest BCUT2D eigenvalue weighted by Crippen LogP contribution is -1.98. The van der Waals surface area contributed by atoms with Crippen molar-refractivity contribution in [3.05, 3.63) is 24.0 Å². The van der Waals surface area contributed by atoms with Gasteiger partial charge < -0.3 is 4.98 Å². The summed E-state index contributed by atoms with van der Waals surface area (Å²) in [5.74, 6) is 1.20. The molecule has 1 heterocycles. The Morgan fingerprint density at radius 1 is 1.70 bits per heavy atom. The number of hydrogen-bond acceptors (Lipinski definition) is 0. The summed E-state index contributed by atoms with van der Waals surface area (Å²) in [5.41, 5.74) is 1.25. The van der Waals surface area contributed by atoms with E-state index in [0.29, 0.717) is 11.8 Å². The molecule has 56 valence electrons. The summed E-state index contributed by atoms with van der Waals surface area (Å²) in [5, 5.41) is 0. The number of halogens is 1. The Hall–Kier alpha value is -0.430. The van der Waals surface area contributed by atoms with Crippen molar-refractivity contribution in [2.24, 2.45) is 0 Å². The Morgan fingerprint density at radius 3 is 2.90 bits per heavy atom. The van der Waals surface area contributed by atoms with E-state index in [1.165, 1.54) is 5.69 Å². The Labute approximate surface area is 66.4 Å². The third-order valence-electron chi connectivity index (χ3n) is 1.74. The number of alkyl halides is 1. The zero-order valence-electron chi connectivity index (χ0n) is 6.10. The molecule has 1 aromatic rings. The third kappa shape index (κ3) is 1.54. The minimum Gasteiger partial charge on any atom is -0.365 e. The van der Waals surface area contributed by atoms with Gasteiger partial charge in [0.2, 0.25) is 0 Å². The normalized spacial score (nSPS) is 13.4. The van der Waals surface area contributed by atoms with Crippen molar-refractivity contribution < 1.29 is 0 Å². The summed E-state index contributed by atoms with van der Waals surface area (Å²) in [6.07, 6.45) is 3.04. The third-order valence-corrected chi connectivity index (χ3v) is 2.11. The molecule has 0 spiro atoms. The van der Waals surface area contributed by atoms with Crippen molar-refractivity contribution in [3.63, 3.8) is 0 Å². The first-order valence-electron chi connectivity index (χ1n) is 3.57. The van der Waals surface area contributed by atoms with Crippen LogP contribution in [0, 0.1) is 0 Å². The van der Waals surface area contributed by atoms with Crippen molar-refractivity contribution in [1.29, 1.82) is 0 Å². The van der Waals surface area contributed by atoms with Gasteiger partial charge in [0.1, 0.15) is 0 Å². The zero-order valence-corrected chi connectivity index (χ0v) is 6.86. The average Bonchev–Trinajstić information content (AvgIpc) is 2.43. The number of aromatic amines is 1. The van der Waals surface area contributed by atoms with Crippen LogP contribution in [0.4, 0.5) is 0 Å². The predicted octanol–water partition coefficient (Wildman–Crippen LogP) is 2.75. The molecular formula is C8H12ClN. The first-order chi connectivity index (χ1) is 4.88. The van der Waals surface area contributed by atoms with Crippen molar-refractivity contribution in [3.8, 4) is 0 Å². The molecule has 1 N–H and O–H groups in total. The molecule has 0 saturated carbocycles. The van der Waals surface area contributed by atoms with Gasteiger partial charge in [0.05, 0.1) is 0 Å². The molecule has 0 fully saturated rings. The largest absolute Gasteiger partial charge is 0.365 e. The summed E-state index contributed by atoms with van der Waals surface area (Å²) in [6, 6.07) is 4.08. The van der Waals surface area contributed by atoms with Gasteiger partial charge in [-0.2, -0.15) is 0 Å². The highest BCUT2D eigenvalue weighted by atomic mass is 35.5. The van der Waals surface area contributed by atoms with Gasteiger partial charge in [0.25, 0.3) is 0 Å². The van der Waals surface area contributed by atoms with E-state index in [1.807, 2.05) is 12.3 Å². The highest BCUT2D eigenvalue weighted by Crippen LogP contribution is 2.18. The van der Waals surface area contributed by atoms with Crippen LogP contribution < -0.4 is 0 Å². The van der Waals surface area contributed by atoms with Gasteiger partial charge in [-0.3, -0.25) is 0 Å². The molecule has 10 heavy (non-hydrogen) atoms. The van der Waals surface area contributed by atoms with E-state index in [4.69, 9.17) is 11.6 Å². The van der Waals surface area contributed by atoms with Crippen LogP contribution in [-0.2, 0) is 0 Å². The molecule has 1 unspecified atom stereocenters. The predicted molar refractivity (Wildman–Crippen MR) is 44.5 cm³/mol. The lowest BCUT2D eigenvalue weighted by Gasteiger charge is -2.07. The van der Waals surface area contributed by atoms with E-state index in [2.05, 4.69) is 18.0 Å². The summed E-state index contributed by atoms with van der Waals surface area (Å²) >= 11 is 5.74. The summed E-state index contributed by atoms with van der Waals surface area (Å²) in [4.78, 5) is 3.15. The fraction of sp³-hybridized carbons (Fsp3) is 0.500. The lowest BCUT2D eigenvalue weighted by atomic mass is 10.1. The van der Waals surface area contributed by atoms with E-state index in [1.54, 1.807) is 0 Å². The van der Waals surface area contributed by atoms with Crippen LogP contribution in [-0.4, -0.2) is 10.9 Å². The molecule has 2 heteroatoms. The Kier molecular flexibility index (Phi) is 2.82. The van der Waals surface area contributed by atoms with Gasteiger partial charge in [0.15, 0.2) is 0 Å². The fourth-order valence-corrected chi connectivity index (χ4v) is 1.39. The molecule has 1 rings (SSSR count). The van der Waals surface area contributed by atoms with E-state index < -0.39 is 0 Å². The molecule has 1 nitrogen and oxygen atoms in total. The maximum atomic E-state index is 5.74. The fourth-order valence-electron chi connectivity index (χ4n) is 1.01. The van der Waals surface area contributed by atoms with Crippen molar-refractivity contribution in [2.75, 3.05) is 5.88 Å². The molecule has 0 saturated heterocycles. The highest BCUT2D eigenvalue weighted by Gasteiger charge is 2.06. The second-order valence-corrected chi connectivity index (χ2v) is 2.69. The molecule has 1 atom stereocenters. The first-order valence-corrected chi connectivity index (χ1v) is 4.11. The number of rotatable bonds is 3. The Bertz CT molecular complexity index is 165. The van der Waals surface area contributed by atoms with Gasteiger partial charge in [0, 0.05) is 23.7 Å². The van der Waals surface area contributed by atoms with Crippen LogP contribution in [0.5, 0.6) is 0 Å². The van der Waals surface area contributed by atoms with Crippen LogP contribution in [0.15, 0.2) is 18.3 Å². The van der Waals surface area contributed by atoms with Crippen LogP contribution in [0.2, 0.25) is 0 Å². The number of hydrogen-bond donors (Lipinski definition) is 1. The van der Waals surface area contributed by atoms with Gasteiger partial charge in [-0.1, -0.05) is 6.92 Å². The Balaban J connectivity index is 2.64. The minimum atomic E-state index is 0.497. The first kappa shape index (κ1) is 7.67. The van der Waals surface area contributed by atoms with Crippen LogP contribution >= 0.6 is 11.6 Å². The van der Waals surface area contributed by atoms with Gasteiger partial charge in [-0.05, 0) is 18.6 Å². The lowest BCUT2D eigenvalue weighted by molar-refractivity contribution is 0.720. The number of aromatic nitrogens is 1. The van der Waals surface area contributed by atoms with E-state index in [-0.39, 0.29) is 0 Å². The van der Waals surface area contributed by atoms with Crippen molar-refractivity contribution in [2.45, 2.75) is 19.3 Å². The second-order valence-electron chi connectivity index (χ2n) is 2.38. The smallest absolute Gasteiger partial charge is 0.0306 e. The SMILES string of the molecule is CCC(CCl)c1ccc[nH]1. The molecule has 0 aromatic carbocycles. The van der Waals surface area contributed by atoms with E-state index >= 15 is 0 Å². The molecule has 0 aliphatic rings. The zero-order chi connectivity index (χ0) is 7.40. The number of H-pyrrole nitrogens is 1. The van der Waals surface area contributed by atoms with Crippen molar-refractivity contribution in [1.82, 2.24) is 4.98 Å². The topological polar surface area (TPSA) is 15.8 Å². The van der Waals surface area contributed by atoms with Crippen LogP contribution in [0.25, 0.3) is 0 Å². The molecule has 0 amide bonds. The summed E-state index contributed by atoms with van der Waals surface area (Å²) in [7, 11) is 0. The average molecular weight is 158 g/mol. The maximum absolute atomic E-state index is 5.74.